The molecule has 1 unspecified atom stereocenters. The monoisotopic (exact) mass is 242 g/mol. The summed E-state index contributed by atoms with van der Waals surface area (Å²) >= 11 is 5.79. The molecule has 0 aromatic heterocycles. The fraction of sp³-hybridized carbons (Fsp3) is 0.538. The quantitative estimate of drug-likeness (QED) is 0.745. The number of halogens is 1. The van der Waals surface area contributed by atoms with Gasteiger partial charge in [0.2, 0.25) is 0 Å². The molecular weight excluding hydrogens is 224 g/mol. The Morgan fingerprint density at radius 1 is 1.31 bits per heavy atom. The largest absolute Gasteiger partial charge is 0.393 e. The highest BCUT2D eigenvalue weighted by molar-refractivity contribution is 6.30. The molecule has 2 nitrogen and oxygen atoms in total. The lowest BCUT2D eigenvalue weighted by Gasteiger charge is -2.10. The van der Waals surface area contributed by atoms with Crippen LogP contribution in [0.25, 0.3) is 0 Å². The number of aliphatic hydroxyl groups is 1. The van der Waals surface area contributed by atoms with Crippen LogP contribution in [0.15, 0.2) is 24.3 Å². The summed E-state index contributed by atoms with van der Waals surface area (Å²) in [4.78, 5) is 0. The molecule has 0 radical (unpaired) electrons. The summed E-state index contributed by atoms with van der Waals surface area (Å²) in [6, 6.07) is 7.61. The maximum absolute atomic E-state index is 9.78. The number of ether oxygens (including phenoxy) is 1. The molecule has 3 heteroatoms. The summed E-state index contributed by atoms with van der Waals surface area (Å²) in [5.41, 5.74) is 1.12. The Balaban J connectivity index is 2.23. The predicted molar refractivity (Wildman–Crippen MR) is 66.9 cm³/mol. The second-order valence-corrected chi connectivity index (χ2v) is 4.26. The Bertz CT molecular complexity index is 284. The number of rotatable bonds is 7. The van der Waals surface area contributed by atoms with Crippen molar-refractivity contribution in [1.82, 2.24) is 0 Å². The Labute approximate surface area is 102 Å². The van der Waals surface area contributed by atoms with Crippen molar-refractivity contribution in [3.8, 4) is 0 Å². The normalized spacial score (nSPS) is 12.7. The first-order valence-corrected chi connectivity index (χ1v) is 6.10. The zero-order valence-electron chi connectivity index (χ0n) is 9.66. The van der Waals surface area contributed by atoms with Crippen LogP contribution < -0.4 is 0 Å². The van der Waals surface area contributed by atoms with E-state index in [0.717, 1.165) is 36.6 Å². The van der Waals surface area contributed by atoms with Crippen LogP contribution in [0.5, 0.6) is 0 Å². The molecule has 0 aliphatic heterocycles. The van der Waals surface area contributed by atoms with Gasteiger partial charge in [-0.25, -0.2) is 0 Å². The van der Waals surface area contributed by atoms with E-state index in [4.69, 9.17) is 16.3 Å². The van der Waals surface area contributed by atoms with Crippen LogP contribution in [0.1, 0.15) is 25.3 Å². The van der Waals surface area contributed by atoms with E-state index in [1.165, 1.54) is 0 Å². The molecule has 1 aromatic carbocycles. The Kier molecular flexibility index (Phi) is 6.46. The minimum Gasteiger partial charge on any atom is -0.393 e. The van der Waals surface area contributed by atoms with Gasteiger partial charge in [-0.3, -0.25) is 0 Å². The van der Waals surface area contributed by atoms with Crippen LogP contribution in [-0.4, -0.2) is 24.4 Å². The van der Waals surface area contributed by atoms with Gasteiger partial charge in [0.1, 0.15) is 0 Å². The molecule has 0 fully saturated rings. The molecule has 0 aliphatic rings. The van der Waals surface area contributed by atoms with Crippen molar-refractivity contribution in [3.63, 3.8) is 0 Å². The second-order valence-electron chi connectivity index (χ2n) is 3.82. The van der Waals surface area contributed by atoms with Crippen molar-refractivity contribution in [1.29, 1.82) is 0 Å². The average Bonchev–Trinajstić information content (AvgIpc) is 2.28. The zero-order chi connectivity index (χ0) is 11.8. The molecule has 90 valence electrons. The van der Waals surface area contributed by atoms with E-state index < -0.39 is 0 Å². The van der Waals surface area contributed by atoms with Crippen LogP contribution in [-0.2, 0) is 11.2 Å². The smallest absolute Gasteiger partial charge is 0.0581 e. The van der Waals surface area contributed by atoms with Gasteiger partial charge in [-0.15, -0.1) is 0 Å². The SMILES string of the molecule is CCOCCCC(O)Cc1ccc(Cl)cc1. The molecule has 1 rings (SSSR count). The predicted octanol–water partition coefficient (Wildman–Crippen LogP) is 3.06. The first-order valence-electron chi connectivity index (χ1n) is 5.72. The molecule has 0 amide bonds. The van der Waals surface area contributed by atoms with E-state index in [-0.39, 0.29) is 6.10 Å². The maximum atomic E-state index is 9.78. The van der Waals surface area contributed by atoms with Gasteiger partial charge < -0.3 is 9.84 Å². The first kappa shape index (κ1) is 13.5. The zero-order valence-corrected chi connectivity index (χ0v) is 10.4. The van der Waals surface area contributed by atoms with E-state index in [2.05, 4.69) is 0 Å². The van der Waals surface area contributed by atoms with Crippen molar-refractivity contribution in [2.75, 3.05) is 13.2 Å². The summed E-state index contributed by atoms with van der Waals surface area (Å²) in [6.45, 7) is 3.45. The van der Waals surface area contributed by atoms with Crippen molar-refractivity contribution in [2.45, 2.75) is 32.3 Å². The number of hydrogen-bond donors (Lipinski definition) is 1. The van der Waals surface area contributed by atoms with Crippen LogP contribution in [0.3, 0.4) is 0 Å². The van der Waals surface area contributed by atoms with Crippen LogP contribution in [0.4, 0.5) is 0 Å². The third kappa shape index (κ3) is 5.50. The molecule has 0 bridgehead atoms. The summed E-state index contributed by atoms with van der Waals surface area (Å²) in [5.74, 6) is 0. The molecule has 0 heterocycles. The molecule has 1 N–H and O–H groups in total. The van der Waals surface area contributed by atoms with E-state index in [1.807, 2.05) is 31.2 Å². The van der Waals surface area contributed by atoms with Crippen molar-refractivity contribution in [3.05, 3.63) is 34.9 Å². The lowest BCUT2D eigenvalue weighted by molar-refractivity contribution is 0.114. The van der Waals surface area contributed by atoms with E-state index in [0.29, 0.717) is 6.42 Å². The Morgan fingerprint density at radius 3 is 2.62 bits per heavy atom. The Morgan fingerprint density at radius 2 is 2.00 bits per heavy atom. The fourth-order valence-corrected chi connectivity index (χ4v) is 1.69. The molecule has 0 aliphatic carbocycles. The first-order chi connectivity index (χ1) is 7.72. The third-order valence-corrected chi connectivity index (χ3v) is 2.67. The van der Waals surface area contributed by atoms with Crippen LogP contribution in [0, 0.1) is 0 Å². The summed E-state index contributed by atoms with van der Waals surface area (Å²) in [5, 5.41) is 10.5. The topological polar surface area (TPSA) is 29.5 Å². The highest BCUT2D eigenvalue weighted by atomic mass is 35.5. The summed E-state index contributed by atoms with van der Waals surface area (Å²) < 4.78 is 5.22. The van der Waals surface area contributed by atoms with Crippen molar-refractivity contribution in [2.24, 2.45) is 0 Å². The summed E-state index contributed by atoms with van der Waals surface area (Å²) in [6.07, 6.45) is 2.08. The molecule has 1 atom stereocenters. The minimum absolute atomic E-state index is 0.290. The standard InChI is InChI=1S/C13H19ClO2/c1-2-16-9-3-4-13(15)10-11-5-7-12(14)8-6-11/h5-8,13,15H,2-4,9-10H2,1H3. The van der Waals surface area contributed by atoms with Gasteiger partial charge in [0.05, 0.1) is 6.10 Å². The van der Waals surface area contributed by atoms with Crippen molar-refractivity contribution < 1.29 is 9.84 Å². The fourth-order valence-electron chi connectivity index (χ4n) is 1.56. The van der Waals surface area contributed by atoms with Gasteiger partial charge in [-0.2, -0.15) is 0 Å². The molecule has 0 saturated heterocycles. The van der Waals surface area contributed by atoms with Gasteiger partial charge in [-0.05, 0) is 43.9 Å². The molecule has 1 aromatic rings. The average molecular weight is 243 g/mol. The minimum atomic E-state index is -0.290. The van der Waals surface area contributed by atoms with Crippen LogP contribution >= 0.6 is 11.6 Å². The Hall–Kier alpha value is -0.570. The van der Waals surface area contributed by atoms with E-state index in [9.17, 15) is 5.11 Å². The van der Waals surface area contributed by atoms with Gasteiger partial charge in [0.25, 0.3) is 0 Å². The number of aliphatic hydroxyl groups excluding tert-OH is 1. The van der Waals surface area contributed by atoms with E-state index in [1.54, 1.807) is 0 Å². The lowest BCUT2D eigenvalue weighted by atomic mass is 10.0. The molecular formula is C13H19ClO2. The van der Waals surface area contributed by atoms with Gasteiger partial charge in [0.15, 0.2) is 0 Å². The maximum Gasteiger partial charge on any atom is 0.0581 e. The van der Waals surface area contributed by atoms with Gasteiger partial charge in [-0.1, -0.05) is 23.7 Å². The third-order valence-electron chi connectivity index (χ3n) is 2.41. The number of hydrogen-bond acceptors (Lipinski definition) is 2. The molecule has 0 saturated carbocycles. The van der Waals surface area contributed by atoms with E-state index >= 15 is 0 Å². The molecule has 0 spiro atoms. The highest BCUT2D eigenvalue weighted by Gasteiger charge is 2.05. The molecule has 16 heavy (non-hydrogen) atoms. The lowest BCUT2D eigenvalue weighted by Crippen LogP contribution is -2.11. The van der Waals surface area contributed by atoms with Gasteiger partial charge in [0, 0.05) is 18.2 Å². The number of benzene rings is 1. The second kappa shape index (κ2) is 7.66. The highest BCUT2D eigenvalue weighted by Crippen LogP contribution is 2.12. The summed E-state index contributed by atoms with van der Waals surface area (Å²) in [7, 11) is 0. The van der Waals surface area contributed by atoms with Crippen LogP contribution in [0.2, 0.25) is 5.02 Å². The van der Waals surface area contributed by atoms with Crippen molar-refractivity contribution >= 4 is 11.6 Å². The van der Waals surface area contributed by atoms with Gasteiger partial charge >= 0.3 is 0 Å².